The predicted octanol–water partition coefficient (Wildman–Crippen LogP) is 1.91. The van der Waals surface area contributed by atoms with Gasteiger partial charge in [-0.15, -0.1) is 0 Å². The van der Waals surface area contributed by atoms with E-state index in [-0.39, 0.29) is 18.9 Å². The van der Waals surface area contributed by atoms with E-state index < -0.39 is 24.0 Å². The maximum Gasteiger partial charge on any atom is 0.326 e. The Hall–Kier alpha value is -1.79. The van der Waals surface area contributed by atoms with Gasteiger partial charge in [-0.25, -0.2) is 9.59 Å². The van der Waals surface area contributed by atoms with Crippen molar-refractivity contribution < 1.29 is 24.6 Å². The molecule has 0 saturated carbocycles. The van der Waals surface area contributed by atoms with Gasteiger partial charge < -0.3 is 20.4 Å². The molecule has 0 aromatic carbocycles. The molecule has 2 atom stereocenters. The van der Waals surface area contributed by atoms with Gasteiger partial charge >= 0.3 is 18.0 Å². The summed E-state index contributed by atoms with van der Waals surface area (Å²) < 4.78 is 0. The summed E-state index contributed by atoms with van der Waals surface area (Å²) in [5, 5.41) is 20.1. The smallest absolute Gasteiger partial charge is 0.326 e. The first-order chi connectivity index (χ1) is 9.83. The van der Waals surface area contributed by atoms with Crippen LogP contribution in [0, 0.1) is 0 Å². The van der Waals surface area contributed by atoms with Crippen LogP contribution >= 0.6 is 0 Å². The van der Waals surface area contributed by atoms with Crippen LogP contribution < -0.4 is 5.32 Å². The Kier molecular flexibility index (Phi) is 9.16. The molecule has 7 heteroatoms. The van der Waals surface area contributed by atoms with Gasteiger partial charge in [-0.1, -0.05) is 20.3 Å². The van der Waals surface area contributed by atoms with Crippen LogP contribution in [-0.2, 0) is 9.59 Å². The number of nitrogens with zero attached hydrogens (tertiary/aromatic N) is 1. The molecule has 0 radical (unpaired) electrons. The second-order valence-electron chi connectivity index (χ2n) is 5.08. The Morgan fingerprint density at radius 3 is 2.24 bits per heavy atom. The predicted molar refractivity (Wildman–Crippen MR) is 78.2 cm³/mol. The van der Waals surface area contributed by atoms with E-state index in [1.54, 1.807) is 4.90 Å². The Labute approximate surface area is 125 Å². The summed E-state index contributed by atoms with van der Waals surface area (Å²) in [6.07, 6.45) is 2.12. The molecule has 2 amide bonds. The third kappa shape index (κ3) is 7.53. The number of nitrogens with one attached hydrogen (secondary N) is 1. The average Bonchev–Trinajstić information content (AvgIpc) is 2.42. The van der Waals surface area contributed by atoms with E-state index in [1.165, 1.54) is 0 Å². The number of carboxylic acids is 2. The van der Waals surface area contributed by atoms with Gasteiger partial charge in [-0.2, -0.15) is 0 Å². The van der Waals surface area contributed by atoms with Crippen LogP contribution in [0.5, 0.6) is 0 Å². The lowest BCUT2D eigenvalue weighted by molar-refractivity contribution is -0.140. The Morgan fingerprint density at radius 2 is 1.81 bits per heavy atom. The SMILES string of the molecule is CCCCN(C(=O)N[C@@H](CCC(=O)O)C(=O)O)C(C)CC. The van der Waals surface area contributed by atoms with E-state index >= 15 is 0 Å². The van der Waals surface area contributed by atoms with Crippen molar-refractivity contribution >= 4 is 18.0 Å². The minimum absolute atomic E-state index is 0.00506. The first-order valence-corrected chi connectivity index (χ1v) is 7.35. The molecule has 0 aliphatic carbocycles. The highest BCUT2D eigenvalue weighted by Gasteiger charge is 2.25. The number of aliphatic carboxylic acids is 2. The minimum Gasteiger partial charge on any atom is -0.481 e. The number of hydrogen-bond acceptors (Lipinski definition) is 3. The molecular formula is C14H26N2O5. The maximum absolute atomic E-state index is 12.2. The summed E-state index contributed by atoms with van der Waals surface area (Å²) in [4.78, 5) is 35.4. The zero-order chi connectivity index (χ0) is 16.4. The van der Waals surface area contributed by atoms with Crippen molar-refractivity contribution in [2.45, 2.75) is 65.0 Å². The number of carboxylic acid groups (broad SMARTS) is 2. The third-order valence-corrected chi connectivity index (χ3v) is 3.38. The Balaban J connectivity index is 4.73. The molecule has 122 valence electrons. The van der Waals surface area contributed by atoms with Crippen LogP contribution in [0.15, 0.2) is 0 Å². The molecule has 0 aromatic heterocycles. The normalized spacial score (nSPS) is 13.3. The number of amides is 2. The van der Waals surface area contributed by atoms with Crippen LogP contribution in [0.3, 0.4) is 0 Å². The van der Waals surface area contributed by atoms with Gasteiger partial charge in [0, 0.05) is 19.0 Å². The first kappa shape index (κ1) is 19.2. The van der Waals surface area contributed by atoms with Crippen LogP contribution in [0.1, 0.15) is 52.9 Å². The molecule has 3 N–H and O–H groups in total. The molecule has 0 rings (SSSR count). The molecule has 0 aliphatic rings. The van der Waals surface area contributed by atoms with Crippen molar-refractivity contribution in [3.8, 4) is 0 Å². The van der Waals surface area contributed by atoms with Crippen LogP contribution in [0.2, 0.25) is 0 Å². The zero-order valence-corrected chi connectivity index (χ0v) is 13.0. The molecule has 0 aliphatic heterocycles. The standard InChI is InChI=1S/C14H26N2O5/c1-4-6-9-16(10(3)5-2)14(21)15-11(13(19)20)7-8-12(17)18/h10-11H,4-9H2,1-3H3,(H,15,21)(H,17,18)(H,19,20)/t10?,11-/m0/s1. The Morgan fingerprint density at radius 1 is 1.19 bits per heavy atom. The minimum atomic E-state index is -1.22. The van der Waals surface area contributed by atoms with E-state index in [1.807, 2.05) is 20.8 Å². The average molecular weight is 302 g/mol. The van der Waals surface area contributed by atoms with Crippen LogP contribution in [0.4, 0.5) is 4.79 Å². The molecule has 0 spiro atoms. The second-order valence-corrected chi connectivity index (χ2v) is 5.08. The first-order valence-electron chi connectivity index (χ1n) is 7.35. The topological polar surface area (TPSA) is 107 Å². The van der Waals surface area contributed by atoms with E-state index in [2.05, 4.69) is 5.32 Å². The summed E-state index contributed by atoms with van der Waals surface area (Å²) >= 11 is 0. The summed E-state index contributed by atoms with van der Waals surface area (Å²) in [6, 6.07) is -1.62. The molecule has 0 bridgehead atoms. The van der Waals surface area contributed by atoms with Gasteiger partial charge in [0.15, 0.2) is 0 Å². The number of hydrogen-bond donors (Lipinski definition) is 3. The quantitative estimate of drug-likeness (QED) is 0.571. The summed E-state index contributed by atoms with van der Waals surface area (Å²) in [5.41, 5.74) is 0. The van der Waals surface area contributed by atoms with Crippen molar-refractivity contribution in [2.75, 3.05) is 6.54 Å². The van der Waals surface area contributed by atoms with Crippen LogP contribution in [-0.4, -0.2) is 51.7 Å². The fourth-order valence-electron chi connectivity index (χ4n) is 1.83. The molecule has 0 aromatic rings. The van der Waals surface area contributed by atoms with Crippen molar-refractivity contribution in [3.05, 3.63) is 0 Å². The molecule has 21 heavy (non-hydrogen) atoms. The fraction of sp³-hybridized carbons (Fsp3) is 0.786. The highest BCUT2D eigenvalue weighted by atomic mass is 16.4. The van der Waals surface area contributed by atoms with E-state index in [0.29, 0.717) is 6.54 Å². The van der Waals surface area contributed by atoms with E-state index in [4.69, 9.17) is 10.2 Å². The monoisotopic (exact) mass is 302 g/mol. The van der Waals surface area contributed by atoms with Gasteiger partial charge in [-0.05, 0) is 26.2 Å². The molecular weight excluding hydrogens is 276 g/mol. The van der Waals surface area contributed by atoms with Gasteiger partial charge in [0.1, 0.15) is 6.04 Å². The summed E-state index contributed by atoms with van der Waals surface area (Å²) in [6.45, 7) is 6.43. The largest absolute Gasteiger partial charge is 0.481 e. The molecule has 0 heterocycles. The molecule has 0 saturated heterocycles. The third-order valence-electron chi connectivity index (χ3n) is 3.38. The Bertz CT molecular complexity index is 359. The zero-order valence-electron chi connectivity index (χ0n) is 13.0. The molecule has 0 fully saturated rings. The van der Waals surface area contributed by atoms with Crippen molar-refractivity contribution in [1.29, 1.82) is 0 Å². The van der Waals surface area contributed by atoms with Gasteiger partial charge in [-0.3, -0.25) is 4.79 Å². The maximum atomic E-state index is 12.2. The van der Waals surface area contributed by atoms with Crippen LogP contribution in [0.25, 0.3) is 0 Å². The van der Waals surface area contributed by atoms with E-state index in [0.717, 1.165) is 19.3 Å². The lowest BCUT2D eigenvalue weighted by Crippen LogP contribution is -2.51. The summed E-state index contributed by atoms with van der Waals surface area (Å²) in [5.74, 6) is -2.30. The number of carbonyl (C=O) groups excluding carboxylic acids is 1. The van der Waals surface area contributed by atoms with Crippen molar-refractivity contribution in [1.82, 2.24) is 10.2 Å². The molecule has 7 nitrogen and oxygen atoms in total. The highest BCUT2D eigenvalue weighted by Crippen LogP contribution is 2.08. The number of carbonyl (C=O) groups is 3. The van der Waals surface area contributed by atoms with Gasteiger partial charge in [0.25, 0.3) is 0 Å². The highest BCUT2D eigenvalue weighted by molar-refractivity contribution is 5.83. The fourth-order valence-corrected chi connectivity index (χ4v) is 1.83. The second kappa shape index (κ2) is 10.0. The van der Waals surface area contributed by atoms with Gasteiger partial charge in [0.05, 0.1) is 0 Å². The van der Waals surface area contributed by atoms with Crippen molar-refractivity contribution in [3.63, 3.8) is 0 Å². The van der Waals surface area contributed by atoms with Crippen molar-refractivity contribution in [2.24, 2.45) is 0 Å². The number of urea groups is 1. The van der Waals surface area contributed by atoms with E-state index in [9.17, 15) is 14.4 Å². The lowest BCUT2D eigenvalue weighted by atomic mass is 10.1. The van der Waals surface area contributed by atoms with Gasteiger partial charge in [0.2, 0.25) is 0 Å². The molecule has 1 unspecified atom stereocenters. The summed E-state index contributed by atoms with van der Waals surface area (Å²) in [7, 11) is 0. The number of unbranched alkanes of at least 4 members (excludes halogenated alkanes) is 1. The lowest BCUT2D eigenvalue weighted by Gasteiger charge is -2.30. The number of rotatable bonds is 10.